The van der Waals surface area contributed by atoms with E-state index in [9.17, 15) is 0 Å². The van der Waals surface area contributed by atoms with E-state index in [-0.39, 0.29) is 0 Å². The third-order valence-electron chi connectivity index (χ3n) is 10.7. The summed E-state index contributed by atoms with van der Waals surface area (Å²) in [6.07, 6.45) is 0. The molecule has 4 aromatic heterocycles. The Morgan fingerprint density at radius 2 is 0.849 bits per heavy atom. The number of benzene rings is 8. The number of nitrogens with zero attached hydrogens (tertiary/aromatic N) is 1. The van der Waals surface area contributed by atoms with Crippen LogP contribution in [0.1, 0.15) is 0 Å². The standard InChI is InChI=1S/C48H27NO2S2/c1-4-12-38-33(8-1)35-22-20-30(26-40(35)50-38)49(31-21-23-36-34-9-2-5-13-39(34)51-41(36)27-31)29-18-16-28(17-19-29)32-11-7-15-43-46(32)48-45(53-43)25-24-44-47(48)37-10-3-6-14-42(37)52-44/h1-27H. The van der Waals surface area contributed by atoms with Gasteiger partial charge in [-0.15, -0.1) is 22.7 Å². The van der Waals surface area contributed by atoms with Crippen molar-refractivity contribution in [1.29, 1.82) is 0 Å². The Hall–Kier alpha value is -6.40. The second kappa shape index (κ2) is 11.1. The first-order valence-corrected chi connectivity index (χ1v) is 19.4. The molecule has 0 aliphatic heterocycles. The molecule has 0 bridgehead atoms. The second-order valence-corrected chi connectivity index (χ2v) is 15.8. The van der Waals surface area contributed by atoms with Crippen LogP contribution < -0.4 is 4.90 Å². The first kappa shape index (κ1) is 29.2. The summed E-state index contributed by atoms with van der Waals surface area (Å²) in [4.78, 5) is 2.30. The van der Waals surface area contributed by atoms with E-state index in [1.54, 1.807) is 0 Å². The highest BCUT2D eigenvalue weighted by atomic mass is 32.1. The number of hydrogen-bond acceptors (Lipinski definition) is 5. The minimum atomic E-state index is 0.860. The summed E-state index contributed by atoms with van der Waals surface area (Å²) in [6.45, 7) is 0. The Kier molecular flexibility index (Phi) is 6.09. The molecule has 0 fully saturated rings. The monoisotopic (exact) mass is 713 g/mol. The van der Waals surface area contributed by atoms with Gasteiger partial charge in [0.2, 0.25) is 0 Å². The Morgan fingerprint density at radius 3 is 1.53 bits per heavy atom. The van der Waals surface area contributed by atoms with E-state index in [2.05, 4.69) is 144 Å². The third-order valence-corrected chi connectivity index (χ3v) is 12.9. The van der Waals surface area contributed by atoms with E-state index in [0.29, 0.717) is 0 Å². The van der Waals surface area contributed by atoms with Crippen LogP contribution in [0, 0.1) is 0 Å². The van der Waals surface area contributed by atoms with Crippen LogP contribution in [0.15, 0.2) is 173 Å². The molecule has 12 rings (SSSR count). The Balaban J connectivity index is 1.04. The van der Waals surface area contributed by atoms with E-state index in [4.69, 9.17) is 8.83 Å². The van der Waals surface area contributed by atoms with Crippen LogP contribution in [0.25, 0.3) is 95.3 Å². The quantitative estimate of drug-likeness (QED) is 0.182. The molecule has 5 heteroatoms. The van der Waals surface area contributed by atoms with Crippen LogP contribution in [-0.2, 0) is 0 Å². The van der Waals surface area contributed by atoms with Crippen LogP contribution in [0.3, 0.4) is 0 Å². The summed E-state index contributed by atoms with van der Waals surface area (Å²) in [5, 5.41) is 9.85. The molecule has 0 spiro atoms. The molecule has 0 N–H and O–H groups in total. The SMILES string of the molecule is c1ccc2c(c1)oc1cc(N(c3ccc(-c4cccc5sc6ccc7sc8ccccc8c7c6c45)cc3)c3ccc4c(c3)oc3ccccc34)ccc12. The Labute approximate surface area is 311 Å². The molecular weight excluding hydrogens is 687 g/mol. The summed E-state index contributed by atoms with van der Waals surface area (Å²) in [5.74, 6) is 0. The molecule has 4 heterocycles. The molecule has 248 valence electrons. The lowest BCUT2D eigenvalue weighted by atomic mass is 9.97. The van der Waals surface area contributed by atoms with Crippen molar-refractivity contribution in [3.63, 3.8) is 0 Å². The largest absolute Gasteiger partial charge is 0.456 e. The first-order chi connectivity index (χ1) is 26.2. The van der Waals surface area contributed by atoms with Gasteiger partial charge >= 0.3 is 0 Å². The van der Waals surface area contributed by atoms with Crippen LogP contribution in [0.2, 0.25) is 0 Å². The normalized spacial score (nSPS) is 12.2. The molecule has 8 aromatic carbocycles. The lowest BCUT2D eigenvalue weighted by Crippen LogP contribution is -2.09. The average molecular weight is 714 g/mol. The zero-order valence-electron chi connectivity index (χ0n) is 28.2. The molecule has 0 saturated heterocycles. The highest BCUT2D eigenvalue weighted by Gasteiger charge is 2.20. The van der Waals surface area contributed by atoms with Gasteiger partial charge in [-0.05, 0) is 83.9 Å². The van der Waals surface area contributed by atoms with Crippen molar-refractivity contribution in [1.82, 2.24) is 0 Å². The molecule has 0 atom stereocenters. The molecule has 0 aliphatic rings. The molecule has 0 amide bonds. The second-order valence-electron chi connectivity index (χ2n) is 13.6. The average Bonchev–Trinajstić information content (AvgIpc) is 3.97. The van der Waals surface area contributed by atoms with E-state index in [1.807, 2.05) is 46.9 Å². The van der Waals surface area contributed by atoms with Gasteiger partial charge in [-0.3, -0.25) is 0 Å². The number of rotatable bonds is 4. The van der Waals surface area contributed by atoms with Crippen LogP contribution in [-0.4, -0.2) is 0 Å². The van der Waals surface area contributed by atoms with Gasteiger partial charge in [0.15, 0.2) is 0 Å². The Bertz CT molecular complexity index is 3300. The van der Waals surface area contributed by atoms with Crippen molar-refractivity contribution in [2.24, 2.45) is 0 Å². The topological polar surface area (TPSA) is 29.5 Å². The van der Waals surface area contributed by atoms with E-state index in [1.165, 1.54) is 51.5 Å². The highest BCUT2D eigenvalue weighted by Crippen LogP contribution is 2.48. The lowest BCUT2D eigenvalue weighted by molar-refractivity contribution is 0.669. The van der Waals surface area contributed by atoms with E-state index in [0.717, 1.165) is 60.9 Å². The van der Waals surface area contributed by atoms with Gasteiger partial charge < -0.3 is 13.7 Å². The number of hydrogen-bond donors (Lipinski definition) is 0. The maximum atomic E-state index is 6.38. The summed E-state index contributed by atoms with van der Waals surface area (Å²) >= 11 is 3.76. The molecular formula is C48H27NO2S2. The van der Waals surface area contributed by atoms with Crippen molar-refractivity contribution in [3.05, 3.63) is 164 Å². The molecule has 12 aromatic rings. The van der Waals surface area contributed by atoms with Crippen molar-refractivity contribution >= 4 is 124 Å². The minimum absolute atomic E-state index is 0.860. The number of furan rings is 2. The van der Waals surface area contributed by atoms with Crippen molar-refractivity contribution in [2.45, 2.75) is 0 Å². The van der Waals surface area contributed by atoms with Gasteiger partial charge in [0.1, 0.15) is 22.3 Å². The molecule has 53 heavy (non-hydrogen) atoms. The fraction of sp³-hybridized carbons (Fsp3) is 0. The molecule has 0 radical (unpaired) electrons. The molecule has 0 unspecified atom stereocenters. The lowest BCUT2D eigenvalue weighted by Gasteiger charge is -2.25. The minimum Gasteiger partial charge on any atom is -0.456 e. The van der Waals surface area contributed by atoms with Gasteiger partial charge in [0.25, 0.3) is 0 Å². The first-order valence-electron chi connectivity index (χ1n) is 17.7. The fourth-order valence-electron chi connectivity index (χ4n) is 8.31. The van der Waals surface area contributed by atoms with Crippen molar-refractivity contribution < 1.29 is 8.83 Å². The summed E-state index contributed by atoms with van der Waals surface area (Å²) in [6, 6.07) is 58.7. The fourth-order valence-corrected chi connectivity index (χ4v) is 10.6. The summed E-state index contributed by atoms with van der Waals surface area (Å²) in [7, 11) is 0. The molecule has 0 saturated carbocycles. The maximum Gasteiger partial charge on any atom is 0.137 e. The van der Waals surface area contributed by atoms with Gasteiger partial charge in [0, 0.05) is 91.1 Å². The highest BCUT2D eigenvalue weighted by molar-refractivity contribution is 7.28. The molecule has 0 aliphatic carbocycles. The number of thiophene rings is 2. The maximum absolute atomic E-state index is 6.38. The molecule has 3 nitrogen and oxygen atoms in total. The van der Waals surface area contributed by atoms with Crippen LogP contribution in [0.5, 0.6) is 0 Å². The zero-order chi connectivity index (χ0) is 34.6. The number of fused-ring (bicyclic) bond motifs is 13. The predicted molar refractivity (Wildman–Crippen MR) is 227 cm³/mol. The number of para-hydroxylation sites is 2. The van der Waals surface area contributed by atoms with Gasteiger partial charge in [-0.25, -0.2) is 0 Å². The van der Waals surface area contributed by atoms with Crippen molar-refractivity contribution in [2.75, 3.05) is 4.90 Å². The van der Waals surface area contributed by atoms with Gasteiger partial charge in [-0.1, -0.05) is 78.9 Å². The van der Waals surface area contributed by atoms with Crippen LogP contribution >= 0.6 is 22.7 Å². The van der Waals surface area contributed by atoms with Gasteiger partial charge in [0.05, 0.1) is 0 Å². The summed E-state index contributed by atoms with van der Waals surface area (Å²) in [5.41, 5.74) is 9.02. The number of anilines is 3. The smallest absolute Gasteiger partial charge is 0.137 e. The predicted octanol–water partition coefficient (Wildman–Crippen LogP) is 15.4. The van der Waals surface area contributed by atoms with E-state index >= 15 is 0 Å². The van der Waals surface area contributed by atoms with E-state index < -0.39 is 0 Å². The van der Waals surface area contributed by atoms with Gasteiger partial charge in [-0.2, -0.15) is 0 Å². The summed E-state index contributed by atoms with van der Waals surface area (Å²) < 4.78 is 18.1. The Morgan fingerprint density at radius 1 is 0.340 bits per heavy atom. The third kappa shape index (κ3) is 4.32. The van der Waals surface area contributed by atoms with Crippen molar-refractivity contribution in [3.8, 4) is 11.1 Å². The zero-order valence-corrected chi connectivity index (χ0v) is 29.8. The van der Waals surface area contributed by atoms with Crippen LogP contribution in [0.4, 0.5) is 17.1 Å².